The maximum atomic E-state index is 13.3. The van der Waals surface area contributed by atoms with E-state index >= 15 is 0 Å². The summed E-state index contributed by atoms with van der Waals surface area (Å²) >= 11 is 0. The predicted octanol–water partition coefficient (Wildman–Crippen LogP) is 3.81. The molecule has 0 bridgehead atoms. The molecule has 0 fully saturated rings. The number of nitrogens with one attached hydrogen (secondary N) is 1. The lowest BCUT2D eigenvalue weighted by atomic mass is 9.93. The number of hydrogen-bond acceptors (Lipinski definition) is 4. The Morgan fingerprint density at radius 1 is 1.00 bits per heavy atom. The molecule has 2 aliphatic heterocycles. The quantitative estimate of drug-likeness (QED) is 0.776. The number of aryl methyl sites for hydroxylation is 3. The van der Waals surface area contributed by atoms with Gasteiger partial charge in [-0.3, -0.25) is 0 Å². The molecule has 4 rings (SSSR count). The number of hydrogen-bond donors (Lipinski definition) is 2. The summed E-state index contributed by atoms with van der Waals surface area (Å²) < 4.78 is 25.4. The minimum absolute atomic E-state index is 0.183. The van der Waals surface area contributed by atoms with Gasteiger partial charge in [0.05, 0.1) is 0 Å². The number of aliphatic hydroxyl groups excluding tert-OH is 1. The van der Waals surface area contributed by atoms with Crippen molar-refractivity contribution in [2.24, 2.45) is 5.92 Å². The van der Waals surface area contributed by atoms with Crippen LogP contribution in [0.1, 0.15) is 36.5 Å². The summed E-state index contributed by atoms with van der Waals surface area (Å²) in [7, 11) is 0. The van der Waals surface area contributed by atoms with Gasteiger partial charge < -0.3 is 19.9 Å². The van der Waals surface area contributed by atoms with Crippen LogP contribution >= 0.6 is 0 Å². The molecule has 0 amide bonds. The Morgan fingerprint density at radius 2 is 1.66 bits per heavy atom. The summed E-state index contributed by atoms with van der Waals surface area (Å²) in [5, 5.41) is 13.9. The van der Waals surface area contributed by atoms with Crippen LogP contribution < -0.4 is 14.8 Å². The molecule has 0 spiro atoms. The third-order valence-electron chi connectivity index (χ3n) is 6.08. The van der Waals surface area contributed by atoms with Crippen LogP contribution in [0.4, 0.5) is 4.39 Å². The van der Waals surface area contributed by atoms with Crippen LogP contribution in [-0.4, -0.2) is 36.5 Å². The van der Waals surface area contributed by atoms with E-state index in [0.717, 1.165) is 37.1 Å². The van der Waals surface area contributed by atoms with Crippen LogP contribution in [0.3, 0.4) is 0 Å². The minimum Gasteiger partial charge on any atom is -0.490 e. The number of rotatable bonds is 6. The van der Waals surface area contributed by atoms with Crippen molar-refractivity contribution in [3.8, 4) is 11.5 Å². The van der Waals surface area contributed by atoms with Gasteiger partial charge in [-0.15, -0.1) is 0 Å². The highest BCUT2D eigenvalue weighted by atomic mass is 19.1. The molecule has 5 heteroatoms. The molecule has 0 saturated carbocycles. The van der Waals surface area contributed by atoms with E-state index in [4.69, 9.17) is 9.47 Å². The number of fused-ring (bicyclic) bond motifs is 2. The van der Waals surface area contributed by atoms with E-state index < -0.39 is 6.10 Å². The van der Waals surface area contributed by atoms with Gasteiger partial charge in [0.2, 0.25) is 0 Å². The highest BCUT2D eigenvalue weighted by molar-refractivity contribution is 5.38. The van der Waals surface area contributed by atoms with Gasteiger partial charge in [0.25, 0.3) is 0 Å². The molecule has 156 valence electrons. The number of halogens is 1. The SMILES string of the molecule is Cc1ccc2c(c1)CCC(C(C)CNCC(O)C1CCc3cc(F)ccc3O1)O2. The lowest BCUT2D eigenvalue weighted by molar-refractivity contribution is 0.0228. The number of aliphatic hydroxyl groups is 1. The fourth-order valence-corrected chi connectivity index (χ4v) is 4.31. The van der Waals surface area contributed by atoms with Crippen molar-refractivity contribution in [1.82, 2.24) is 5.32 Å². The van der Waals surface area contributed by atoms with E-state index in [9.17, 15) is 9.50 Å². The smallest absolute Gasteiger partial charge is 0.126 e. The molecule has 2 aromatic carbocycles. The second kappa shape index (κ2) is 8.72. The molecular weight excluding hydrogens is 369 g/mol. The molecule has 2 aromatic rings. The van der Waals surface area contributed by atoms with Gasteiger partial charge >= 0.3 is 0 Å². The molecule has 4 unspecified atom stereocenters. The Labute approximate surface area is 172 Å². The molecule has 0 aromatic heterocycles. The maximum absolute atomic E-state index is 13.3. The average Bonchev–Trinajstić information content (AvgIpc) is 2.72. The van der Waals surface area contributed by atoms with Gasteiger partial charge in [-0.25, -0.2) is 4.39 Å². The Hall–Kier alpha value is -2.11. The fraction of sp³-hybridized carbons (Fsp3) is 0.500. The van der Waals surface area contributed by atoms with Crippen LogP contribution in [0.25, 0.3) is 0 Å². The maximum Gasteiger partial charge on any atom is 0.126 e. The van der Waals surface area contributed by atoms with Gasteiger partial charge in [0.15, 0.2) is 0 Å². The van der Waals surface area contributed by atoms with E-state index in [2.05, 4.69) is 37.4 Å². The highest BCUT2D eigenvalue weighted by Crippen LogP contribution is 2.31. The van der Waals surface area contributed by atoms with E-state index in [1.54, 1.807) is 6.07 Å². The van der Waals surface area contributed by atoms with Gasteiger partial charge in [0, 0.05) is 19.0 Å². The van der Waals surface area contributed by atoms with Gasteiger partial charge in [-0.2, -0.15) is 0 Å². The van der Waals surface area contributed by atoms with Crippen molar-refractivity contribution in [2.75, 3.05) is 13.1 Å². The van der Waals surface area contributed by atoms with Gasteiger partial charge in [-0.05, 0) is 68.0 Å². The first kappa shape index (κ1) is 20.2. The topological polar surface area (TPSA) is 50.7 Å². The standard InChI is InChI=1S/C24H30FNO3/c1-15-3-7-22-17(11-15)4-8-21(28-22)16(2)13-26-14-20(27)24-9-5-18-12-19(25)6-10-23(18)29-24/h3,6-7,10-12,16,20-21,24,26-27H,4-5,8-9,13-14H2,1-2H3. The Kier molecular flexibility index (Phi) is 6.07. The van der Waals surface area contributed by atoms with Crippen LogP contribution in [-0.2, 0) is 12.8 Å². The summed E-state index contributed by atoms with van der Waals surface area (Å²) in [5.74, 6) is 1.78. The lowest BCUT2D eigenvalue weighted by Gasteiger charge is -2.32. The highest BCUT2D eigenvalue weighted by Gasteiger charge is 2.28. The Morgan fingerprint density at radius 3 is 2.45 bits per heavy atom. The third kappa shape index (κ3) is 4.73. The van der Waals surface area contributed by atoms with Crippen LogP contribution in [0.2, 0.25) is 0 Å². The molecule has 4 atom stereocenters. The molecular formula is C24H30FNO3. The molecule has 0 saturated heterocycles. The zero-order valence-corrected chi connectivity index (χ0v) is 17.2. The van der Waals surface area contributed by atoms with Crippen molar-refractivity contribution in [3.05, 3.63) is 58.9 Å². The Balaban J connectivity index is 1.24. The van der Waals surface area contributed by atoms with Gasteiger partial charge in [-0.1, -0.05) is 24.6 Å². The normalized spacial score (nSPS) is 22.6. The summed E-state index contributed by atoms with van der Waals surface area (Å²) in [6, 6.07) is 10.9. The Bertz CT molecular complexity index is 787. The fourth-order valence-electron chi connectivity index (χ4n) is 4.31. The zero-order valence-electron chi connectivity index (χ0n) is 17.2. The molecule has 29 heavy (non-hydrogen) atoms. The lowest BCUT2D eigenvalue weighted by Crippen LogP contribution is -2.44. The van der Waals surface area contributed by atoms with Crippen molar-refractivity contribution in [2.45, 2.75) is 57.8 Å². The third-order valence-corrected chi connectivity index (χ3v) is 6.08. The van der Waals surface area contributed by atoms with E-state index in [1.165, 1.54) is 23.3 Å². The number of benzene rings is 2. The monoisotopic (exact) mass is 399 g/mol. The van der Waals surface area contributed by atoms with Crippen LogP contribution in [0.5, 0.6) is 11.5 Å². The second-order valence-electron chi connectivity index (χ2n) is 8.46. The van der Waals surface area contributed by atoms with Crippen LogP contribution in [0.15, 0.2) is 36.4 Å². The summed E-state index contributed by atoms with van der Waals surface area (Å²) in [6.45, 7) is 5.54. The first-order valence-corrected chi connectivity index (χ1v) is 10.6. The molecule has 2 N–H and O–H groups in total. The minimum atomic E-state index is -0.601. The molecule has 2 aliphatic rings. The summed E-state index contributed by atoms with van der Waals surface area (Å²) in [6.07, 6.45) is 2.79. The van der Waals surface area contributed by atoms with Gasteiger partial charge in [0.1, 0.15) is 35.6 Å². The molecule has 0 aliphatic carbocycles. The average molecular weight is 400 g/mol. The largest absolute Gasteiger partial charge is 0.490 e. The van der Waals surface area contributed by atoms with Crippen molar-refractivity contribution < 1.29 is 19.0 Å². The zero-order chi connectivity index (χ0) is 20.4. The number of ether oxygens (including phenoxy) is 2. The summed E-state index contributed by atoms with van der Waals surface area (Å²) in [5.41, 5.74) is 3.44. The first-order valence-electron chi connectivity index (χ1n) is 10.6. The van der Waals surface area contributed by atoms with E-state index in [1.807, 2.05) is 0 Å². The molecule has 2 heterocycles. The van der Waals surface area contributed by atoms with E-state index in [-0.39, 0.29) is 18.0 Å². The van der Waals surface area contributed by atoms with Crippen molar-refractivity contribution in [3.63, 3.8) is 0 Å². The van der Waals surface area contributed by atoms with E-state index in [0.29, 0.717) is 24.6 Å². The van der Waals surface area contributed by atoms with Crippen LogP contribution in [0, 0.1) is 18.7 Å². The van der Waals surface area contributed by atoms with Crippen molar-refractivity contribution >= 4 is 0 Å². The predicted molar refractivity (Wildman–Crippen MR) is 111 cm³/mol. The second-order valence-corrected chi connectivity index (χ2v) is 8.46. The van der Waals surface area contributed by atoms with Crippen molar-refractivity contribution in [1.29, 1.82) is 0 Å². The summed E-state index contributed by atoms with van der Waals surface area (Å²) in [4.78, 5) is 0. The first-order chi connectivity index (χ1) is 14.0. The molecule has 0 radical (unpaired) electrons. The molecule has 4 nitrogen and oxygen atoms in total.